The Morgan fingerprint density at radius 3 is 2.85 bits per heavy atom. The van der Waals surface area contributed by atoms with Crippen LogP contribution in [0.4, 0.5) is 4.39 Å². The van der Waals surface area contributed by atoms with Gasteiger partial charge >= 0.3 is 0 Å². The van der Waals surface area contributed by atoms with Crippen LogP contribution < -0.4 is 0 Å². The first-order chi connectivity index (χ1) is 6.27. The lowest BCUT2D eigenvalue weighted by Gasteiger charge is -2.01. The van der Waals surface area contributed by atoms with Gasteiger partial charge in [-0.2, -0.15) is 5.10 Å². The molecule has 2 aromatic rings. The lowest BCUT2D eigenvalue weighted by atomic mass is 10.3. The van der Waals surface area contributed by atoms with Crippen LogP contribution in [0.2, 0.25) is 5.02 Å². The zero-order valence-corrected chi connectivity index (χ0v) is 7.37. The van der Waals surface area contributed by atoms with Gasteiger partial charge in [0.1, 0.15) is 5.82 Å². The van der Waals surface area contributed by atoms with Crippen LogP contribution in [-0.4, -0.2) is 9.78 Å². The maximum Gasteiger partial charge on any atom is 0.143 e. The number of hydrogen-bond donors (Lipinski definition) is 0. The van der Waals surface area contributed by atoms with Crippen molar-refractivity contribution in [3.63, 3.8) is 0 Å². The van der Waals surface area contributed by atoms with E-state index in [4.69, 9.17) is 11.6 Å². The predicted molar refractivity (Wildman–Crippen MR) is 48.5 cm³/mol. The maximum atomic E-state index is 13.0. The highest BCUT2D eigenvalue weighted by Crippen LogP contribution is 2.17. The molecule has 0 amide bonds. The highest BCUT2D eigenvalue weighted by Gasteiger charge is 2.01. The molecular weight excluding hydrogens is 191 g/mol. The van der Waals surface area contributed by atoms with Crippen LogP contribution in [0.1, 0.15) is 0 Å². The number of hydrogen-bond acceptors (Lipinski definition) is 1. The van der Waals surface area contributed by atoms with Crippen molar-refractivity contribution < 1.29 is 4.39 Å². The van der Waals surface area contributed by atoms with Gasteiger partial charge in [0.2, 0.25) is 0 Å². The van der Waals surface area contributed by atoms with E-state index >= 15 is 0 Å². The summed E-state index contributed by atoms with van der Waals surface area (Å²) < 4.78 is 14.6. The van der Waals surface area contributed by atoms with Crippen LogP contribution in [0.15, 0.2) is 36.7 Å². The molecule has 0 aliphatic heterocycles. The molecule has 2 rings (SSSR count). The van der Waals surface area contributed by atoms with E-state index in [9.17, 15) is 4.39 Å². The van der Waals surface area contributed by atoms with Crippen molar-refractivity contribution in [3.8, 4) is 5.69 Å². The lowest BCUT2D eigenvalue weighted by molar-refractivity contribution is 0.626. The van der Waals surface area contributed by atoms with E-state index in [0.29, 0.717) is 5.69 Å². The smallest absolute Gasteiger partial charge is 0.143 e. The molecule has 0 aliphatic rings. The van der Waals surface area contributed by atoms with Gasteiger partial charge in [-0.05, 0) is 18.2 Å². The largest absolute Gasteiger partial charge is 0.241 e. The number of halogens is 2. The molecule has 0 saturated carbocycles. The molecule has 13 heavy (non-hydrogen) atoms. The van der Waals surface area contributed by atoms with Crippen LogP contribution in [-0.2, 0) is 0 Å². The van der Waals surface area contributed by atoms with Crippen LogP contribution in [0, 0.1) is 5.82 Å². The van der Waals surface area contributed by atoms with E-state index in [1.165, 1.54) is 12.1 Å². The Labute approximate surface area is 79.6 Å². The Morgan fingerprint density at radius 1 is 1.38 bits per heavy atom. The minimum Gasteiger partial charge on any atom is -0.241 e. The van der Waals surface area contributed by atoms with Gasteiger partial charge in [0.25, 0.3) is 0 Å². The molecular formula is C9H6ClFN2. The highest BCUT2D eigenvalue weighted by atomic mass is 35.5. The van der Waals surface area contributed by atoms with Crippen molar-refractivity contribution in [2.75, 3.05) is 0 Å². The van der Waals surface area contributed by atoms with Gasteiger partial charge in [-0.15, -0.1) is 0 Å². The molecule has 0 bridgehead atoms. The molecule has 1 heterocycles. The molecule has 1 aromatic carbocycles. The lowest BCUT2D eigenvalue weighted by Crippen LogP contribution is -1.94. The van der Waals surface area contributed by atoms with E-state index in [-0.39, 0.29) is 5.02 Å². The molecule has 0 fully saturated rings. The Bertz CT molecular complexity index is 412. The second-order valence-electron chi connectivity index (χ2n) is 2.55. The fourth-order valence-corrected chi connectivity index (χ4v) is 1.17. The molecule has 0 aliphatic carbocycles. The Balaban J connectivity index is 2.49. The summed E-state index contributed by atoms with van der Waals surface area (Å²) in [6, 6.07) is 6.33. The predicted octanol–water partition coefficient (Wildman–Crippen LogP) is 2.66. The number of benzene rings is 1. The van der Waals surface area contributed by atoms with Crippen LogP contribution in [0.3, 0.4) is 0 Å². The van der Waals surface area contributed by atoms with Gasteiger partial charge in [-0.25, -0.2) is 9.07 Å². The van der Waals surface area contributed by atoms with E-state index in [0.717, 1.165) is 0 Å². The van der Waals surface area contributed by atoms with Gasteiger partial charge in [0, 0.05) is 18.5 Å². The minimum absolute atomic E-state index is 0.121. The minimum atomic E-state index is -0.435. The number of rotatable bonds is 1. The van der Waals surface area contributed by atoms with Crippen molar-refractivity contribution in [2.45, 2.75) is 0 Å². The monoisotopic (exact) mass is 196 g/mol. The van der Waals surface area contributed by atoms with Gasteiger partial charge < -0.3 is 0 Å². The summed E-state index contributed by atoms with van der Waals surface area (Å²) in [5.74, 6) is -0.435. The topological polar surface area (TPSA) is 17.8 Å². The molecule has 0 radical (unpaired) electrons. The third-order valence-electron chi connectivity index (χ3n) is 1.67. The Kier molecular flexibility index (Phi) is 2.02. The highest BCUT2D eigenvalue weighted by molar-refractivity contribution is 6.30. The second-order valence-corrected chi connectivity index (χ2v) is 2.96. The van der Waals surface area contributed by atoms with Crippen molar-refractivity contribution in [3.05, 3.63) is 47.5 Å². The standard InChI is InChI=1S/C9H6ClFN2/c10-8-3-2-7(6-9(8)11)13-5-1-4-12-13/h1-6H. The molecule has 4 heteroatoms. The first-order valence-corrected chi connectivity index (χ1v) is 4.10. The summed E-state index contributed by atoms with van der Waals surface area (Å²) in [6.07, 6.45) is 3.37. The average Bonchev–Trinajstić information content (AvgIpc) is 2.62. The summed E-state index contributed by atoms with van der Waals surface area (Å²) in [4.78, 5) is 0. The summed E-state index contributed by atoms with van der Waals surface area (Å²) in [6.45, 7) is 0. The normalized spacial score (nSPS) is 10.3. The Morgan fingerprint density at radius 2 is 2.23 bits per heavy atom. The summed E-state index contributed by atoms with van der Waals surface area (Å²) in [5, 5.41) is 4.09. The van der Waals surface area contributed by atoms with E-state index in [1.807, 2.05) is 0 Å². The molecule has 2 nitrogen and oxygen atoms in total. The molecule has 66 valence electrons. The first-order valence-electron chi connectivity index (χ1n) is 3.72. The van der Waals surface area contributed by atoms with Crippen LogP contribution in [0.25, 0.3) is 5.69 Å². The van der Waals surface area contributed by atoms with Crippen LogP contribution >= 0.6 is 11.6 Å². The van der Waals surface area contributed by atoms with Crippen molar-refractivity contribution in [1.29, 1.82) is 0 Å². The third kappa shape index (κ3) is 1.55. The van der Waals surface area contributed by atoms with Crippen molar-refractivity contribution in [1.82, 2.24) is 9.78 Å². The summed E-state index contributed by atoms with van der Waals surface area (Å²) in [5.41, 5.74) is 0.659. The quantitative estimate of drug-likeness (QED) is 0.686. The van der Waals surface area contributed by atoms with Gasteiger partial charge in [0.05, 0.1) is 10.7 Å². The van der Waals surface area contributed by atoms with Crippen molar-refractivity contribution in [2.24, 2.45) is 0 Å². The third-order valence-corrected chi connectivity index (χ3v) is 1.98. The van der Waals surface area contributed by atoms with Gasteiger partial charge in [-0.1, -0.05) is 11.6 Å². The molecule has 0 saturated heterocycles. The molecule has 0 atom stereocenters. The fraction of sp³-hybridized carbons (Fsp3) is 0. The first kappa shape index (κ1) is 8.26. The zero-order valence-electron chi connectivity index (χ0n) is 6.61. The number of nitrogens with zero attached hydrogens (tertiary/aromatic N) is 2. The number of aromatic nitrogens is 2. The van der Waals surface area contributed by atoms with E-state index < -0.39 is 5.82 Å². The van der Waals surface area contributed by atoms with E-state index in [2.05, 4.69) is 5.10 Å². The van der Waals surface area contributed by atoms with E-state index in [1.54, 1.807) is 29.2 Å². The molecule has 0 spiro atoms. The van der Waals surface area contributed by atoms with Crippen LogP contribution in [0.5, 0.6) is 0 Å². The second kappa shape index (κ2) is 3.18. The SMILES string of the molecule is Fc1cc(-n2cccn2)ccc1Cl. The molecule has 0 unspecified atom stereocenters. The van der Waals surface area contributed by atoms with Crippen molar-refractivity contribution >= 4 is 11.6 Å². The Hall–Kier alpha value is -1.35. The zero-order chi connectivity index (χ0) is 9.26. The molecule has 1 aromatic heterocycles. The average molecular weight is 197 g/mol. The summed E-state index contributed by atoms with van der Waals surface area (Å²) >= 11 is 5.54. The maximum absolute atomic E-state index is 13.0. The van der Waals surface area contributed by atoms with Gasteiger partial charge in [0.15, 0.2) is 0 Å². The fourth-order valence-electron chi connectivity index (χ4n) is 1.05. The molecule has 0 N–H and O–H groups in total. The summed E-state index contributed by atoms with van der Waals surface area (Å²) in [7, 11) is 0. The van der Waals surface area contributed by atoms with Gasteiger partial charge in [-0.3, -0.25) is 0 Å².